The van der Waals surface area contributed by atoms with Gasteiger partial charge in [-0.1, -0.05) is 46.0 Å². The molecular formula is C7H16Cl-. The summed E-state index contributed by atoms with van der Waals surface area (Å²) in [5.74, 6) is 0. The lowest BCUT2D eigenvalue weighted by Gasteiger charge is -1.90. The van der Waals surface area contributed by atoms with E-state index < -0.39 is 0 Å². The van der Waals surface area contributed by atoms with Gasteiger partial charge >= 0.3 is 0 Å². The van der Waals surface area contributed by atoms with Crippen LogP contribution in [0.15, 0.2) is 0 Å². The van der Waals surface area contributed by atoms with Crippen LogP contribution in [0.2, 0.25) is 0 Å². The average Bonchev–Trinajstić information content (AvgIpc) is 1.69. The number of hydrogen-bond acceptors (Lipinski definition) is 0. The van der Waals surface area contributed by atoms with Crippen molar-refractivity contribution >= 4 is 0 Å². The Morgan fingerprint density at radius 1 is 0.750 bits per heavy atom. The summed E-state index contributed by atoms with van der Waals surface area (Å²) in [6.07, 6.45) is 7.01. The molecule has 0 aliphatic heterocycles. The van der Waals surface area contributed by atoms with Crippen LogP contribution < -0.4 is 12.4 Å². The zero-order valence-corrected chi connectivity index (χ0v) is 6.67. The fraction of sp³-hybridized carbons (Fsp3) is 1.00. The van der Waals surface area contributed by atoms with E-state index in [2.05, 4.69) is 13.8 Å². The highest BCUT2D eigenvalue weighted by Crippen LogP contribution is 2.00. The van der Waals surface area contributed by atoms with Gasteiger partial charge in [-0.05, 0) is 0 Å². The molecule has 0 nitrogen and oxygen atoms in total. The molecule has 0 aromatic heterocycles. The predicted octanol–water partition coefficient (Wildman–Crippen LogP) is -0.0193. The summed E-state index contributed by atoms with van der Waals surface area (Å²) in [4.78, 5) is 0. The van der Waals surface area contributed by atoms with Crippen molar-refractivity contribution in [3.8, 4) is 0 Å². The Morgan fingerprint density at radius 3 is 1.38 bits per heavy atom. The highest BCUT2D eigenvalue weighted by Gasteiger charge is 1.80. The van der Waals surface area contributed by atoms with Gasteiger partial charge in [0, 0.05) is 0 Å². The summed E-state index contributed by atoms with van der Waals surface area (Å²) in [5.41, 5.74) is 0. The number of rotatable bonds is 4. The maximum atomic E-state index is 2.25. The molecule has 1 heteroatoms. The molecule has 0 heterocycles. The quantitative estimate of drug-likeness (QED) is 0.476. The van der Waals surface area contributed by atoms with Gasteiger partial charge in [0.2, 0.25) is 0 Å². The van der Waals surface area contributed by atoms with E-state index >= 15 is 0 Å². The fourth-order valence-electron chi connectivity index (χ4n) is 0.677. The van der Waals surface area contributed by atoms with E-state index in [1.54, 1.807) is 0 Å². The van der Waals surface area contributed by atoms with E-state index in [1.807, 2.05) is 0 Å². The first-order chi connectivity index (χ1) is 3.41. The van der Waals surface area contributed by atoms with Gasteiger partial charge in [-0.2, -0.15) is 0 Å². The molecule has 0 aliphatic rings. The minimum absolute atomic E-state index is 0. The third-order valence-corrected chi connectivity index (χ3v) is 1.21. The maximum absolute atomic E-state index is 2.25. The minimum atomic E-state index is 0. The van der Waals surface area contributed by atoms with Crippen molar-refractivity contribution < 1.29 is 12.4 Å². The maximum Gasteiger partial charge on any atom is -0.0533 e. The zero-order chi connectivity index (χ0) is 5.54. The summed E-state index contributed by atoms with van der Waals surface area (Å²) in [6, 6.07) is 0. The summed E-state index contributed by atoms with van der Waals surface area (Å²) < 4.78 is 0. The second kappa shape index (κ2) is 10.3. The first-order valence-corrected chi connectivity index (χ1v) is 3.41. The van der Waals surface area contributed by atoms with Crippen LogP contribution in [0.5, 0.6) is 0 Å². The molecule has 0 rings (SSSR count). The van der Waals surface area contributed by atoms with Gasteiger partial charge in [-0.15, -0.1) is 0 Å². The lowest BCUT2D eigenvalue weighted by molar-refractivity contribution is -0.00000170. The summed E-state index contributed by atoms with van der Waals surface area (Å²) >= 11 is 0. The van der Waals surface area contributed by atoms with Crippen molar-refractivity contribution in [1.82, 2.24) is 0 Å². The van der Waals surface area contributed by atoms with Crippen molar-refractivity contribution in [3.05, 3.63) is 0 Å². The van der Waals surface area contributed by atoms with Crippen LogP contribution in [0.3, 0.4) is 0 Å². The van der Waals surface area contributed by atoms with Gasteiger partial charge in [-0.3, -0.25) is 0 Å². The van der Waals surface area contributed by atoms with Crippen molar-refractivity contribution in [2.45, 2.75) is 46.0 Å². The first kappa shape index (κ1) is 11.1. The number of halogens is 1. The Morgan fingerprint density at radius 2 is 1.12 bits per heavy atom. The molecule has 0 aromatic carbocycles. The van der Waals surface area contributed by atoms with Crippen LogP contribution in [-0.4, -0.2) is 0 Å². The molecule has 0 amide bonds. The van der Waals surface area contributed by atoms with Crippen LogP contribution in [0.1, 0.15) is 46.0 Å². The molecular weight excluding hydrogens is 120 g/mol. The SMILES string of the molecule is CCCCCCC.[Cl-]. The predicted molar refractivity (Wildman–Crippen MR) is 34.4 cm³/mol. The van der Waals surface area contributed by atoms with E-state index in [1.165, 1.54) is 32.1 Å². The summed E-state index contributed by atoms with van der Waals surface area (Å²) in [6.45, 7) is 4.49. The van der Waals surface area contributed by atoms with Crippen LogP contribution in [-0.2, 0) is 0 Å². The molecule has 0 aliphatic carbocycles. The van der Waals surface area contributed by atoms with E-state index in [4.69, 9.17) is 0 Å². The summed E-state index contributed by atoms with van der Waals surface area (Å²) in [5, 5.41) is 0. The third-order valence-electron chi connectivity index (χ3n) is 1.21. The fourth-order valence-corrected chi connectivity index (χ4v) is 0.677. The zero-order valence-electron chi connectivity index (χ0n) is 5.91. The second-order valence-electron chi connectivity index (χ2n) is 2.06. The van der Waals surface area contributed by atoms with E-state index in [-0.39, 0.29) is 12.4 Å². The van der Waals surface area contributed by atoms with Crippen molar-refractivity contribution in [2.24, 2.45) is 0 Å². The third kappa shape index (κ3) is 9.56. The van der Waals surface area contributed by atoms with Crippen LogP contribution in [0.4, 0.5) is 0 Å². The molecule has 0 atom stereocenters. The van der Waals surface area contributed by atoms with Gasteiger partial charge in [-0.25, -0.2) is 0 Å². The molecule has 0 spiro atoms. The highest BCUT2D eigenvalue weighted by atomic mass is 35.5. The molecule has 0 fully saturated rings. The summed E-state index contributed by atoms with van der Waals surface area (Å²) in [7, 11) is 0. The van der Waals surface area contributed by atoms with E-state index in [0.717, 1.165) is 0 Å². The first-order valence-electron chi connectivity index (χ1n) is 3.41. The van der Waals surface area contributed by atoms with Crippen molar-refractivity contribution in [3.63, 3.8) is 0 Å². The van der Waals surface area contributed by atoms with E-state index in [9.17, 15) is 0 Å². The second-order valence-corrected chi connectivity index (χ2v) is 2.06. The van der Waals surface area contributed by atoms with Gasteiger partial charge in [0.05, 0.1) is 0 Å². The smallest absolute Gasteiger partial charge is 0.0533 e. The topological polar surface area (TPSA) is 0 Å². The van der Waals surface area contributed by atoms with Gasteiger partial charge in [0.1, 0.15) is 0 Å². The lowest BCUT2D eigenvalue weighted by atomic mass is 10.2. The van der Waals surface area contributed by atoms with Crippen molar-refractivity contribution in [2.75, 3.05) is 0 Å². The Kier molecular flexibility index (Phi) is 14.3. The molecule has 0 saturated heterocycles. The average molecular weight is 136 g/mol. The molecule has 0 aromatic rings. The molecule has 0 radical (unpaired) electrons. The van der Waals surface area contributed by atoms with Crippen LogP contribution in [0, 0.1) is 0 Å². The Balaban J connectivity index is 0. The standard InChI is InChI=1S/C7H16.ClH/c1-3-5-7-6-4-2;/h3-7H2,1-2H3;1H/p-1. The molecule has 0 saturated carbocycles. The largest absolute Gasteiger partial charge is 1.00 e. The Labute approximate surface area is 59.1 Å². The van der Waals surface area contributed by atoms with Crippen LogP contribution in [0.25, 0.3) is 0 Å². The number of hydrogen-bond donors (Lipinski definition) is 0. The number of unbranched alkanes of at least 4 members (excludes halogenated alkanes) is 4. The van der Waals surface area contributed by atoms with Gasteiger partial charge in [0.25, 0.3) is 0 Å². The monoisotopic (exact) mass is 135 g/mol. The lowest BCUT2D eigenvalue weighted by Crippen LogP contribution is -3.00. The Bertz CT molecular complexity index is 23.6. The highest BCUT2D eigenvalue weighted by molar-refractivity contribution is 4.35. The molecule has 0 unspecified atom stereocenters. The van der Waals surface area contributed by atoms with E-state index in [0.29, 0.717) is 0 Å². The molecule has 8 heavy (non-hydrogen) atoms. The van der Waals surface area contributed by atoms with Gasteiger partial charge in [0.15, 0.2) is 0 Å². The van der Waals surface area contributed by atoms with Gasteiger partial charge < -0.3 is 12.4 Å². The van der Waals surface area contributed by atoms with Crippen molar-refractivity contribution in [1.29, 1.82) is 0 Å². The normalized spacial score (nSPS) is 8.25. The Hall–Kier alpha value is 0.290. The molecule has 0 bridgehead atoms. The van der Waals surface area contributed by atoms with Crippen LogP contribution >= 0.6 is 0 Å². The molecule has 0 N–H and O–H groups in total. The molecule has 52 valence electrons. The minimum Gasteiger partial charge on any atom is -1.00 e.